The van der Waals surface area contributed by atoms with Gasteiger partial charge in [0.05, 0.1) is 6.42 Å². The number of hydrogen-bond donors (Lipinski definition) is 2. The van der Waals surface area contributed by atoms with Gasteiger partial charge in [-0.15, -0.1) is 0 Å². The van der Waals surface area contributed by atoms with E-state index in [1.807, 2.05) is 48.5 Å². The van der Waals surface area contributed by atoms with E-state index in [2.05, 4.69) is 10.6 Å². The van der Waals surface area contributed by atoms with E-state index in [9.17, 15) is 14.4 Å². The fourth-order valence-corrected chi connectivity index (χ4v) is 2.59. The fourth-order valence-electron chi connectivity index (χ4n) is 2.59. The first-order valence-electron chi connectivity index (χ1n) is 9.77. The standard InChI is InChI=1S/C23H28N2O5/c1-16(29-20(26)14-15-24-22(28)30-23(2,3)4)21(27)25-19-13-9-8-12-18(19)17-10-6-5-7-11-17/h5-13,16H,14-15H2,1-4H3,(H,24,28)(H,25,27)/t16-/m0/s1. The Balaban J connectivity index is 1.86. The van der Waals surface area contributed by atoms with Gasteiger partial charge in [0.2, 0.25) is 0 Å². The van der Waals surface area contributed by atoms with Crippen molar-refractivity contribution in [2.24, 2.45) is 0 Å². The first kappa shape index (κ1) is 22.9. The summed E-state index contributed by atoms with van der Waals surface area (Å²) >= 11 is 0. The number of para-hydroxylation sites is 1. The molecule has 2 aromatic rings. The largest absolute Gasteiger partial charge is 0.452 e. The molecular formula is C23H28N2O5. The highest BCUT2D eigenvalue weighted by atomic mass is 16.6. The minimum atomic E-state index is -0.983. The molecule has 0 radical (unpaired) electrons. The molecule has 30 heavy (non-hydrogen) atoms. The first-order chi connectivity index (χ1) is 14.2. The van der Waals surface area contributed by atoms with Crippen LogP contribution in [0.5, 0.6) is 0 Å². The monoisotopic (exact) mass is 412 g/mol. The van der Waals surface area contributed by atoms with E-state index in [1.165, 1.54) is 6.92 Å². The molecule has 2 aromatic carbocycles. The lowest BCUT2D eigenvalue weighted by Crippen LogP contribution is -2.35. The molecule has 2 rings (SSSR count). The van der Waals surface area contributed by atoms with E-state index >= 15 is 0 Å². The Morgan fingerprint density at radius 2 is 1.60 bits per heavy atom. The van der Waals surface area contributed by atoms with Gasteiger partial charge in [-0.25, -0.2) is 4.79 Å². The molecule has 7 heteroatoms. The summed E-state index contributed by atoms with van der Waals surface area (Å²) in [5, 5.41) is 5.28. The van der Waals surface area contributed by atoms with Gasteiger partial charge in [-0.2, -0.15) is 0 Å². The lowest BCUT2D eigenvalue weighted by atomic mass is 10.0. The van der Waals surface area contributed by atoms with Crippen molar-refractivity contribution in [1.29, 1.82) is 0 Å². The van der Waals surface area contributed by atoms with Gasteiger partial charge in [0, 0.05) is 17.8 Å². The average molecular weight is 412 g/mol. The maximum absolute atomic E-state index is 12.5. The normalized spacial score (nSPS) is 11.9. The van der Waals surface area contributed by atoms with Crippen molar-refractivity contribution in [1.82, 2.24) is 5.32 Å². The second-order valence-corrected chi connectivity index (χ2v) is 7.71. The Kier molecular flexibility index (Phi) is 7.98. The molecule has 0 unspecified atom stereocenters. The van der Waals surface area contributed by atoms with Crippen molar-refractivity contribution in [2.75, 3.05) is 11.9 Å². The molecule has 0 aliphatic carbocycles. The van der Waals surface area contributed by atoms with Crippen LogP contribution < -0.4 is 10.6 Å². The van der Waals surface area contributed by atoms with Gasteiger partial charge in [-0.1, -0.05) is 48.5 Å². The van der Waals surface area contributed by atoms with Crippen LogP contribution in [-0.4, -0.2) is 36.2 Å². The van der Waals surface area contributed by atoms with Gasteiger partial charge in [-0.05, 0) is 39.3 Å². The Labute approximate surface area is 176 Å². The zero-order valence-corrected chi connectivity index (χ0v) is 17.7. The summed E-state index contributed by atoms with van der Waals surface area (Å²) in [5.41, 5.74) is 1.84. The van der Waals surface area contributed by atoms with Crippen LogP contribution >= 0.6 is 0 Å². The molecule has 0 saturated carbocycles. The molecule has 1 atom stereocenters. The van der Waals surface area contributed by atoms with Crippen molar-refractivity contribution >= 4 is 23.7 Å². The van der Waals surface area contributed by atoms with Crippen LogP contribution in [0, 0.1) is 0 Å². The highest BCUT2D eigenvalue weighted by Crippen LogP contribution is 2.27. The second kappa shape index (κ2) is 10.4. The Morgan fingerprint density at radius 1 is 0.967 bits per heavy atom. The summed E-state index contributed by atoms with van der Waals surface area (Å²) in [6.07, 6.45) is -1.67. The van der Waals surface area contributed by atoms with E-state index in [0.717, 1.165) is 11.1 Å². The molecule has 0 bridgehead atoms. The summed E-state index contributed by atoms with van der Waals surface area (Å²) in [7, 11) is 0. The number of amides is 2. The molecular weight excluding hydrogens is 384 g/mol. The molecule has 2 N–H and O–H groups in total. The van der Waals surface area contributed by atoms with Crippen molar-refractivity contribution in [3.63, 3.8) is 0 Å². The van der Waals surface area contributed by atoms with Gasteiger partial charge < -0.3 is 20.1 Å². The third kappa shape index (κ3) is 7.58. The molecule has 7 nitrogen and oxygen atoms in total. The summed E-state index contributed by atoms with van der Waals surface area (Å²) in [6.45, 7) is 6.80. The maximum Gasteiger partial charge on any atom is 0.407 e. The average Bonchev–Trinajstić information content (AvgIpc) is 2.67. The maximum atomic E-state index is 12.5. The number of rotatable bonds is 7. The zero-order valence-electron chi connectivity index (χ0n) is 17.7. The number of esters is 1. The highest BCUT2D eigenvalue weighted by Gasteiger charge is 2.20. The van der Waals surface area contributed by atoms with E-state index in [-0.39, 0.29) is 13.0 Å². The van der Waals surface area contributed by atoms with Gasteiger partial charge in [0.15, 0.2) is 6.10 Å². The second-order valence-electron chi connectivity index (χ2n) is 7.71. The van der Waals surface area contributed by atoms with E-state index in [1.54, 1.807) is 26.8 Å². The van der Waals surface area contributed by atoms with E-state index in [4.69, 9.17) is 9.47 Å². The smallest absolute Gasteiger partial charge is 0.407 e. The van der Waals surface area contributed by atoms with Gasteiger partial charge in [0.25, 0.3) is 5.91 Å². The topological polar surface area (TPSA) is 93.7 Å². The third-order valence-electron chi connectivity index (χ3n) is 3.94. The van der Waals surface area contributed by atoms with Crippen molar-refractivity contribution in [3.8, 4) is 11.1 Å². The van der Waals surface area contributed by atoms with Crippen LogP contribution in [0.25, 0.3) is 11.1 Å². The van der Waals surface area contributed by atoms with Gasteiger partial charge >= 0.3 is 12.1 Å². The minimum Gasteiger partial charge on any atom is -0.452 e. The number of alkyl carbamates (subject to hydrolysis) is 1. The predicted octanol–water partition coefficient (Wildman–Crippen LogP) is 4.14. The number of hydrogen-bond acceptors (Lipinski definition) is 5. The quantitative estimate of drug-likeness (QED) is 0.667. The van der Waals surface area contributed by atoms with E-state index < -0.39 is 29.7 Å². The van der Waals surface area contributed by atoms with Gasteiger partial charge in [0.1, 0.15) is 5.60 Å². The minimum absolute atomic E-state index is 0.0545. The summed E-state index contributed by atoms with van der Waals surface area (Å²) in [4.78, 5) is 36.0. The molecule has 0 aliphatic rings. The van der Waals surface area contributed by atoms with Crippen molar-refractivity contribution in [3.05, 3.63) is 54.6 Å². The molecule has 0 fully saturated rings. The number of carbonyl (C=O) groups is 3. The lowest BCUT2D eigenvalue weighted by Gasteiger charge is -2.19. The zero-order chi connectivity index (χ0) is 22.1. The fraction of sp³-hybridized carbons (Fsp3) is 0.348. The van der Waals surface area contributed by atoms with Crippen molar-refractivity contribution in [2.45, 2.75) is 45.8 Å². The molecule has 0 aromatic heterocycles. The molecule has 0 spiro atoms. The van der Waals surface area contributed by atoms with Crippen LogP contribution in [-0.2, 0) is 19.1 Å². The molecule has 0 aliphatic heterocycles. The highest BCUT2D eigenvalue weighted by molar-refractivity contribution is 5.98. The third-order valence-corrected chi connectivity index (χ3v) is 3.94. The van der Waals surface area contributed by atoms with Crippen LogP contribution in [0.4, 0.5) is 10.5 Å². The Morgan fingerprint density at radius 3 is 2.27 bits per heavy atom. The molecule has 160 valence electrons. The summed E-state index contributed by atoms with van der Waals surface area (Å²) in [5.74, 6) is -1.03. The number of ether oxygens (including phenoxy) is 2. The first-order valence-corrected chi connectivity index (χ1v) is 9.77. The SMILES string of the molecule is C[C@H](OC(=O)CCNC(=O)OC(C)(C)C)C(=O)Nc1ccccc1-c1ccccc1. The number of anilines is 1. The van der Waals surface area contributed by atoms with Crippen molar-refractivity contribution < 1.29 is 23.9 Å². The summed E-state index contributed by atoms with van der Waals surface area (Å²) < 4.78 is 10.3. The number of benzene rings is 2. The van der Waals surface area contributed by atoms with Crippen LogP contribution in [0.15, 0.2) is 54.6 Å². The van der Waals surface area contributed by atoms with E-state index in [0.29, 0.717) is 5.69 Å². The Bertz CT molecular complexity index is 875. The summed E-state index contributed by atoms with van der Waals surface area (Å²) in [6, 6.07) is 17.1. The number of nitrogens with one attached hydrogen (secondary N) is 2. The predicted molar refractivity (Wildman–Crippen MR) is 115 cm³/mol. The number of carbonyl (C=O) groups excluding carboxylic acids is 3. The van der Waals surface area contributed by atoms with Gasteiger partial charge in [-0.3, -0.25) is 9.59 Å². The molecule has 2 amide bonds. The molecule has 0 saturated heterocycles. The Hall–Kier alpha value is -3.35. The van der Waals surface area contributed by atoms with Crippen LogP contribution in [0.2, 0.25) is 0 Å². The van der Waals surface area contributed by atoms with Crippen LogP contribution in [0.3, 0.4) is 0 Å². The van der Waals surface area contributed by atoms with Crippen LogP contribution in [0.1, 0.15) is 34.1 Å². The lowest BCUT2D eigenvalue weighted by molar-refractivity contribution is -0.153. The molecule has 0 heterocycles.